The lowest BCUT2D eigenvalue weighted by Gasteiger charge is -2.37. The maximum atomic E-state index is 10.8. The summed E-state index contributed by atoms with van der Waals surface area (Å²) in [6, 6.07) is 1.89. The number of hydrogen-bond donors (Lipinski definition) is 3. The predicted molar refractivity (Wildman–Crippen MR) is 91.1 cm³/mol. The number of nitrogens with zero attached hydrogens (tertiary/aromatic N) is 2. The number of amides is 1. The molecule has 0 unspecified atom stereocenters. The van der Waals surface area contributed by atoms with Crippen LogP contribution in [0.15, 0.2) is 16.7 Å². The highest BCUT2D eigenvalue weighted by atomic mass is 79.9. The molecule has 6 nitrogen and oxygen atoms in total. The minimum atomic E-state index is -0.960. The van der Waals surface area contributed by atoms with Crippen molar-refractivity contribution in [3.63, 3.8) is 0 Å². The van der Waals surface area contributed by atoms with E-state index in [1.165, 1.54) is 0 Å². The molecule has 0 atom stereocenters. The second-order valence-corrected chi connectivity index (χ2v) is 7.36. The van der Waals surface area contributed by atoms with E-state index >= 15 is 0 Å². The minimum absolute atomic E-state index is 0.389. The number of carboxylic acid groups (broad SMARTS) is 1. The van der Waals surface area contributed by atoms with Gasteiger partial charge in [-0.25, -0.2) is 9.78 Å². The van der Waals surface area contributed by atoms with Gasteiger partial charge in [0.25, 0.3) is 0 Å². The number of rotatable bonds is 4. The van der Waals surface area contributed by atoms with Crippen molar-refractivity contribution in [2.24, 2.45) is 5.92 Å². The maximum absolute atomic E-state index is 10.8. The molecule has 0 radical (unpaired) electrons. The third-order valence-electron chi connectivity index (χ3n) is 4.06. The van der Waals surface area contributed by atoms with E-state index < -0.39 is 6.09 Å². The average Bonchev–Trinajstić information content (AvgIpc) is 2.40. The van der Waals surface area contributed by atoms with Gasteiger partial charge in [-0.15, -0.1) is 0 Å². The molecule has 7 heteroatoms. The molecule has 4 N–H and O–H groups in total. The highest BCUT2D eigenvalue weighted by molar-refractivity contribution is 9.10. The molecule has 22 heavy (non-hydrogen) atoms. The van der Waals surface area contributed by atoms with Crippen LogP contribution < -0.4 is 16.0 Å². The summed E-state index contributed by atoms with van der Waals surface area (Å²) in [6.45, 7) is 5.76. The number of nitrogen functional groups attached to an aromatic ring is 1. The Morgan fingerprint density at radius 2 is 2.18 bits per heavy atom. The molecule has 0 spiro atoms. The highest BCUT2D eigenvalue weighted by Crippen LogP contribution is 2.32. The minimum Gasteiger partial charge on any atom is -0.465 e. The van der Waals surface area contributed by atoms with Gasteiger partial charge in [0.1, 0.15) is 5.82 Å². The van der Waals surface area contributed by atoms with Crippen LogP contribution >= 0.6 is 15.9 Å². The Bertz CT molecular complexity index is 542. The molecule has 1 aliphatic rings. The number of nitrogens with one attached hydrogen (secondary N) is 1. The van der Waals surface area contributed by atoms with Gasteiger partial charge >= 0.3 is 6.09 Å². The summed E-state index contributed by atoms with van der Waals surface area (Å²) >= 11 is 3.52. The topological polar surface area (TPSA) is 91.5 Å². The SMILES string of the molecule is CC(C)(CC1CCN(c2cc(N)ncc2Br)CC1)NC(=O)O. The number of nitrogens with two attached hydrogens (primary N) is 1. The van der Waals surface area contributed by atoms with Crippen LogP contribution in [0.2, 0.25) is 0 Å². The van der Waals surface area contributed by atoms with Crippen LogP contribution in [0, 0.1) is 5.92 Å². The summed E-state index contributed by atoms with van der Waals surface area (Å²) < 4.78 is 0.952. The molecular weight excluding hydrogens is 348 g/mol. The Balaban J connectivity index is 1.93. The van der Waals surface area contributed by atoms with Crippen molar-refractivity contribution in [2.45, 2.75) is 38.6 Å². The molecule has 1 saturated heterocycles. The van der Waals surface area contributed by atoms with E-state index in [-0.39, 0.29) is 5.54 Å². The lowest BCUT2D eigenvalue weighted by molar-refractivity contribution is 0.174. The molecule has 2 rings (SSSR count). The number of aromatic nitrogens is 1. The molecule has 1 aromatic rings. The van der Waals surface area contributed by atoms with E-state index in [1.807, 2.05) is 19.9 Å². The summed E-state index contributed by atoms with van der Waals surface area (Å²) in [5, 5.41) is 11.5. The van der Waals surface area contributed by atoms with E-state index in [0.717, 1.165) is 42.5 Å². The molecule has 1 aromatic heterocycles. The Kier molecular flexibility index (Phi) is 5.16. The number of halogens is 1. The highest BCUT2D eigenvalue weighted by Gasteiger charge is 2.28. The van der Waals surface area contributed by atoms with Crippen LogP contribution in [0.4, 0.5) is 16.3 Å². The van der Waals surface area contributed by atoms with Gasteiger partial charge in [0, 0.05) is 30.9 Å². The summed E-state index contributed by atoms with van der Waals surface area (Å²) in [7, 11) is 0. The summed E-state index contributed by atoms with van der Waals surface area (Å²) in [5.41, 5.74) is 6.46. The Morgan fingerprint density at radius 3 is 2.77 bits per heavy atom. The van der Waals surface area contributed by atoms with Crippen molar-refractivity contribution < 1.29 is 9.90 Å². The van der Waals surface area contributed by atoms with Crippen LogP contribution in [-0.2, 0) is 0 Å². The van der Waals surface area contributed by atoms with Gasteiger partial charge in [-0.05, 0) is 55.0 Å². The summed E-state index contributed by atoms with van der Waals surface area (Å²) in [5.74, 6) is 1.04. The normalized spacial score (nSPS) is 16.6. The van der Waals surface area contributed by atoms with Crippen LogP contribution in [0.3, 0.4) is 0 Å². The molecule has 1 fully saturated rings. The fraction of sp³-hybridized carbons (Fsp3) is 0.600. The van der Waals surface area contributed by atoms with Crippen molar-refractivity contribution in [1.82, 2.24) is 10.3 Å². The number of hydrogen-bond acceptors (Lipinski definition) is 4. The van der Waals surface area contributed by atoms with Crippen molar-refractivity contribution in [1.29, 1.82) is 0 Å². The lowest BCUT2D eigenvalue weighted by atomic mass is 9.84. The van der Waals surface area contributed by atoms with E-state index in [9.17, 15) is 4.79 Å². The predicted octanol–water partition coefficient (Wildman–Crippen LogP) is 3.08. The van der Waals surface area contributed by atoms with Crippen LogP contribution in [-0.4, -0.2) is 34.8 Å². The van der Waals surface area contributed by atoms with Crippen LogP contribution in [0.5, 0.6) is 0 Å². The Morgan fingerprint density at radius 1 is 1.55 bits per heavy atom. The Hall–Kier alpha value is -1.50. The first-order valence-electron chi connectivity index (χ1n) is 7.44. The van der Waals surface area contributed by atoms with Crippen LogP contribution in [0.1, 0.15) is 33.1 Å². The third-order valence-corrected chi connectivity index (χ3v) is 4.67. The van der Waals surface area contributed by atoms with Crippen LogP contribution in [0.25, 0.3) is 0 Å². The largest absolute Gasteiger partial charge is 0.465 e. The van der Waals surface area contributed by atoms with Crippen molar-refractivity contribution in [2.75, 3.05) is 23.7 Å². The van der Waals surface area contributed by atoms with Gasteiger partial charge in [0.15, 0.2) is 0 Å². The molecule has 0 bridgehead atoms. The van der Waals surface area contributed by atoms with Gasteiger partial charge in [0.2, 0.25) is 0 Å². The molecule has 0 aromatic carbocycles. The standard InChI is InChI=1S/C15H23BrN4O2/c1-15(2,19-14(21)22)8-10-3-5-20(6-4-10)12-7-13(17)18-9-11(12)16/h7,9-10,19H,3-6,8H2,1-2H3,(H2,17,18)(H,21,22). The van der Waals surface area contributed by atoms with E-state index in [2.05, 4.69) is 31.1 Å². The number of piperidine rings is 1. The number of pyridine rings is 1. The molecule has 0 aliphatic carbocycles. The van der Waals surface area contributed by atoms with E-state index in [4.69, 9.17) is 10.8 Å². The number of anilines is 2. The second kappa shape index (κ2) is 6.73. The van der Waals surface area contributed by atoms with Gasteiger partial charge in [-0.1, -0.05) is 0 Å². The first-order valence-corrected chi connectivity index (χ1v) is 8.23. The zero-order valence-electron chi connectivity index (χ0n) is 13.0. The molecule has 1 aliphatic heterocycles. The molecule has 1 amide bonds. The fourth-order valence-corrected chi connectivity index (χ4v) is 3.59. The van der Waals surface area contributed by atoms with Gasteiger partial charge in [0.05, 0.1) is 10.2 Å². The van der Waals surface area contributed by atoms with Gasteiger partial charge in [-0.3, -0.25) is 0 Å². The molecular formula is C15H23BrN4O2. The number of carbonyl (C=O) groups is 1. The second-order valence-electron chi connectivity index (χ2n) is 6.51. The fourth-order valence-electron chi connectivity index (χ4n) is 3.13. The quantitative estimate of drug-likeness (QED) is 0.757. The van der Waals surface area contributed by atoms with Gasteiger partial charge in [-0.2, -0.15) is 0 Å². The maximum Gasteiger partial charge on any atom is 0.405 e. The summed E-state index contributed by atoms with van der Waals surface area (Å²) in [6.07, 6.45) is 3.71. The first-order chi connectivity index (χ1) is 10.3. The van der Waals surface area contributed by atoms with Crippen molar-refractivity contribution in [3.05, 3.63) is 16.7 Å². The third kappa shape index (κ3) is 4.50. The smallest absolute Gasteiger partial charge is 0.405 e. The van der Waals surface area contributed by atoms with Crippen molar-refractivity contribution in [3.8, 4) is 0 Å². The first kappa shape index (κ1) is 16.9. The summed E-state index contributed by atoms with van der Waals surface area (Å²) in [4.78, 5) is 17.2. The monoisotopic (exact) mass is 370 g/mol. The molecule has 0 saturated carbocycles. The molecule has 2 heterocycles. The average molecular weight is 371 g/mol. The van der Waals surface area contributed by atoms with Gasteiger partial charge < -0.3 is 21.1 Å². The van der Waals surface area contributed by atoms with E-state index in [0.29, 0.717) is 11.7 Å². The lowest BCUT2D eigenvalue weighted by Crippen LogP contribution is -2.45. The molecule has 122 valence electrons. The van der Waals surface area contributed by atoms with E-state index in [1.54, 1.807) is 6.20 Å². The zero-order chi connectivity index (χ0) is 16.3. The Labute approximate surface area is 139 Å². The van der Waals surface area contributed by atoms with Crippen molar-refractivity contribution >= 4 is 33.5 Å². The zero-order valence-corrected chi connectivity index (χ0v) is 14.6.